The summed E-state index contributed by atoms with van der Waals surface area (Å²) in [6, 6.07) is 7.47. The second-order valence-electron chi connectivity index (χ2n) is 3.31. The Labute approximate surface area is 87.7 Å². The number of ketones is 1. The van der Waals surface area contributed by atoms with Crippen LogP contribution in [0.3, 0.4) is 0 Å². The Hall–Kier alpha value is -1.90. The maximum Gasteiger partial charge on any atom is 0.161 e. The molecule has 0 amide bonds. The third-order valence-corrected chi connectivity index (χ3v) is 2.30. The highest BCUT2D eigenvalue weighted by Gasteiger charge is 2.05. The minimum atomic E-state index is 0.0206. The van der Waals surface area contributed by atoms with Crippen LogP contribution in [0.2, 0.25) is 0 Å². The molecule has 1 aromatic carbocycles. The third kappa shape index (κ3) is 1.68. The van der Waals surface area contributed by atoms with Crippen molar-refractivity contribution in [2.24, 2.45) is 0 Å². The van der Waals surface area contributed by atoms with E-state index in [1.54, 1.807) is 13.3 Å². The smallest absolute Gasteiger partial charge is 0.161 e. The first-order chi connectivity index (χ1) is 7.22. The fraction of sp³-hybridized carbons (Fsp3) is 0.167. The second-order valence-corrected chi connectivity index (χ2v) is 3.31. The first kappa shape index (κ1) is 9.65. The van der Waals surface area contributed by atoms with Gasteiger partial charge in [-0.2, -0.15) is 0 Å². The maximum absolute atomic E-state index is 11.2. The molecular weight excluding hydrogens is 190 g/mol. The fourth-order valence-electron chi connectivity index (χ4n) is 1.49. The van der Waals surface area contributed by atoms with Crippen LogP contribution in [0.5, 0.6) is 5.75 Å². The van der Waals surface area contributed by atoms with Crippen molar-refractivity contribution in [1.29, 1.82) is 0 Å². The number of ether oxygens (including phenoxy) is 1. The van der Waals surface area contributed by atoms with Gasteiger partial charge in [0.2, 0.25) is 0 Å². The van der Waals surface area contributed by atoms with Gasteiger partial charge in [0.25, 0.3) is 0 Å². The number of carbonyl (C=O) groups excluding carboxylic acids is 1. The highest BCUT2D eigenvalue weighted by molar-refractivity contribution is 5.98. The van der Waals surface area contributed by atoms with Crippen LogP contribution >= 0.6 is 0 Å². The number of rotatable bonds is 2. The van der Waals surface area contributed by atoms with Crippen molar-refractivity contribution in [3.63, 3.8) is 0 Å². The number of hydrogen-bond acceptors (Lipinski definition) is 3. The zero-order valence-corrected chi connectivity index (χ0v) is 8.65. The predicted octanol–water partition coefficient (Wildman–Crippen LogP) is 2.45. The van der Waals surface area contributed by atoms with E-state index in [0.717, 1.165) is 16.7 Å². The zero-order chi connectivity index (χ0) is 10.8. The van der Waals surface area contributed by atoms with E-state index in [0.29, 0.717) is 5.56 Å². The number of Topliss-reactive ketones (excluding diaryl/α,β-unsaturated/α-hetero) is 1. The molecule has 0 spiro atoms. The number of carbonyl (C=O) groups is 1. The van der Waals surface area contributed by atoms with Crippen LogP contribution in [-0.4, -0.2) is 17.9 Å². The van der Waals surface area contributed by atoms with Crippen molar-refractivity contribution in [3.8, 4) is 5.75 Å². The SMILES string of the molecule is COc1cccc2cc(C(C)=O)cnc12. The summed E-state index contributed by atoms with van der Waals surface area (Å²) in [7, 11) is 1.61. The van der Waals surface area contributed by atoms with Crippen LogP contribution in [0.25, 0.3) is 10.9 Å². The number of nitrogens with zero attached hydrogens (tertiary/aromatic N) is 1. The average molecular weight is 201 g/mol. The third-order valence-electron chi connectivity index (χ3n) is 2.30. The van der Waals surface area contributed by atoms with Gasteiger partial charge in [-0.15, -0.1) is 0 Å². The number of para-hydroxylation sites is 1. The highest BCUT2D eigenvalue weighted by Crippen LogP contribution is 2.23. The summed E-state index contributed by atoms with van der Waals surface area (Å²) in [6.07, 6.45) is 1.58. The molecular formula is C12H11NO2. The quantitative estimate of drug-likeness (QED) is 0.700. The number of methoxy groups -OCH3 is 1. The Bertz CT molecular complexity index is 520. The molecule has 0 bridgehead atoms. The normalized spacial score (nSPS) is 10.3. The van der Waals surface area contributed by atoms with Gasteiger partial charge in [0.05, 0.1) is 7.11 Å². The molecule has 0 aliphatic carbocycles. The molecule has 76 valence electrons. The molecule has 0 saturated heterocycles. The molecule has 0 aliphatic heterocycles. The molecule has 0 saturated carbocycles. The summed E-state index contributed by atoms with van der Waals surface area (Å²) in [5.74, 6) is 0.745. The molecule has 2 aromatic rings. The summed E-state index contributed by atoms with van der Waals surface area (Å²) in [5, 5.41) is 0.919. The van der Waals surface area contributed by atoms with Gasteiger partial charge in [0.1, 0.15) is 11.3 Å². The van der Waals surface area contributed by atoms with Gasteiger partial charge in [0.15, 0.2) is 5.78 Å². The summed E-state index contributed by atoms with van der Waals surface area (Å²) in [6.45, 7) is 1.53. The van der Waals surface area contributed by atoms with Crippen molar-refractivity contribution in [2.45, 2.75) is 6.92 Å². The van der Waals surface area contributed by atoms with E-state index in [9.17, 15) is 4.79 Å². The van der Waals surface area contributed by atoms with Gasteiger partial charge in [-0.25, -0.2) is 0 Å². The van der Waals surface area contributed by atoms with Crippen LogP contribution in [0.15, 0.2) is 30.5 Å². The number of benzene rings is 1. The molecule has 0 atom stereocenters. The van der Waals surface area contributed by atoms with Gasteiger partial charge in [-0.1, -0.05) is 12.1 Å². The molecule has 0 radical (unpaired) electrons. The minimum Gasteiger partial charge on any atom is -0.494 e. The van der Waals surface area contributed by atoms with E-state index < -0.39 is 0 Å². The standard InChI is InChI=1S/C12H11NO2/c1-8(14)10-6-9-4-3-5-11(15-2)12(9)13-7-10/h3-7H,1-2H3. The first-order valence-electron chi connectivity index (χ1n) is 4.66. The summed E-state index contributed by atoms with van der Waals surface area (Å²) in [4.78, 5) is 15.4. The Balaban J connectivity index is 2.69. The molecule has 2 rings (SSSR count). The van der Waals surface area contributed by atoms with Crippen LogP contribution in [0.1, 0.15) is 17.3 Å². The molecule has 0 aliphatic rings. The number of fused-ring (bicyclic) bond motifs is 1. The minimum absolute atomic E-state index is 0.0206. The lowest BCUT2D eigenvalue weighted by atomic mass is 10.1. The summed E-state index contributed by atoms with van der Waals surface area (Å²) >= 11 is 0. The van der Waals surface area contributed by atoms with Crippen molar-refractivity contribution < 1.29 is 9.53 Å². The van der Waals surface area contributed by atoms with Crippen molar-refractivity contribution in [1.82, 2.24) is 4.98 Å². The van der Waals surface area contributed by atoms with Gasteiger partial charge in [-0.3, -0.25) is 9.78 Å². The summed E-state index contributed by atoms with van der Waals surface area (Å²) < 4.78 is 5.18. The Morgan fingerprint density at radius 2 is 2.20 bits per heavy atom. The van der Waals surface area contributed by atoms with Crippen LogP contribution in [0, 0.1) is 0 Å². The van der Waals surface area contributed by atoms with Gasteiger partial charge >= 0.3 is 0 Å². The van der Waals surface area contributed by atoms with Crippen LogP contribution in [-0.2, 0) is 0 Å². The zero-order valence-electron chi connectivity index (χ0n) is 8.65. The van der Waals surface area contributed by atoms with Crippen molar-refractivity contribution in [3.05, 3.63) is 36.0 Å². The predicted molar refractivity (Wildman–Crippen MR) is 58.3 cm³/mol. The second kappa shape index (κ2) is 3.69. The lowest BCUT2D eigenvalue weighted by Gasteiger charge is -2.04. The summed E-state index contributed by atoms with van der Waals surface area (Å²) in [5.41, 5.74) is 1.40. The van der Waals surface area contributed by atoms with E-state index in [1.165, 1.54) is 6.92 Å². The van der Waals surface area contributed by atoms with Gasteiger partial charge in [-0.05, 0) is 19.1 Å². The largest absolute Gasteiger partial charge is 0.494 e. The molecule has 1 heterocycles. The molecule has 0 fully saturated rings. The fourth-order valence-corrected chi connectivity index (χ4v) is 1.49. The topological polar surface area (TPSA) is 39.2 Å². The lowest BCUT2D eigenvalue weighted by molar-refractivity contribution is 0.101. The Morgan fingerprint density at radius 3 is 2.87 bits per heavy atom. The Kier molecular flexibility index (Phi) is 2.37. The molecule has 0 N–H and O–H groups in total. The van der Waals surface area contributed by atoms with Crippen molar-refractivity contribution in [2.75, 3.05) is 7.11 Å². The highest BCUT2D eigenvalue weighted by atomic mass is 16.5. The van der Waals surface area contributed by atoms with Gasteiger partial charge in [0, 0.05) is 17.1 Å². The van der Waals surface area contributed by atoms with E-state index >= 15 is 0 Å². The van der Waals surface area contributed by atoms with E-state index in [-0.39, 0.29) is 5.78 Å². The Morgan fingerprint density at radius 1 is 1.40 bits per heavy atom. The van der Waals surface area contributed by atoms with Crippen molar-refractivity contribution >= 4 is 16.7 Å². The molecule has 3 heteroatoms. The molecule has 15 heavy (non-hydrogen) atoms. The number of hydrogen-bond donors (Lipinski definition) is 0. The first-order valence-corrected chi connectivity index (χ1v) is 4.66. The lowest BCUT2D eigenvalue weighted by Crippen LogP contribution is -1.94. The van der Waals surface area contributed by atoms with E-state index in [4.69, 9.17) is 4.74 Å². The molecule has 0 unspecified atom stereocenters. The molecule has 1 aromatic heterocycles. The number of pyridine rings is 1. The van der Waals surface area contributed by atoms with E-state index in [1.807, 2.05) is 24.3 Å². The maximum atomic E-state index is 11.2. The van der Waals surface area contributed by atoms with Gasteiger partial charge < -0.3 is 4.74 Å². The average Bonchev–Trinajstić information content (AvgIpc) is 2.27. The van der Waals surface area contributed by atoms with E-state index in [2.05, 4.69) is 4.98 Å². The van der Waals surface area contributed by atoms with Crippen LogP contribution < -0.4 is 4.74 Å². The molecule has 3 nitrogen and oxygen atoms in total. The van der Waals surface area contributed by atoms with Crippen LogP contribution in [0.4, 0.5) is 0 Å². The number of aromatic nitrogens is 1. The monoisotopic (exact) mass is 201 g/mol.